The number of carboxylic acid groups (broad SMARTS) is 1. The lowest BCUT2D eigenvalue weighted by atomic mass is 9.95. The van der Waals surface area contributed by atoms with E-state index in [1.165, 1.54) is 31.5 Å². The molecule has 2 N–H and O–H groups in total. The van der Waals surface area contributed by atoms with Gasteiger partial charge in [-0.2, -0.15) is 0 Å². The first-order valence-corrected chi connectivity index (χ1v) is 12.7. The first-order chi connectivity index (χ1) is 15.8. The average Bonchev–Trinajstić information content (AvgIpc) is 3.61. The van der Waals surface area contributed by atoms with Crippen molar-refractivity contribution < 1.29 is 32.2 Å². The number of rotatable bonds is 8. The summed E-state index contributed by atoms with van der Waals surface area (Å²) in [4.78, 5) is 25.0. The second kappa shape index (κ2) is 11.9. The molecule has 3 fully saturated rings. The van der Waals surface area contributed by atoms with Gasteiger partial charge in [-0.1, -0.05) is 0 Å². The maximum absolute atomic E-state index is 13.0. The molecule has 33 heavy (non-hydrogen) atoms. The molecule has 1 saturated carbocycles. The van der Waals surface area contributed by atoms with Crippen LogP contribution >= 0.6 is 0 Å². The van der Waals surface area contributed by atoms with Crippen LogP contribution in [0.1, 0.15) is 25.7 Å². The second-order valence-corrected chi connectivity index (χ2v) is 10.6. The molecule has 184 valence electrons. The molecule has 0 bridgehead atoms. The summed E-state index contributed by atoms with van der Waals surface area (Å²) in [5, 5.41) is 6.89. The van der Waals surface area contributed by atoms with Gasteiger partial charge in [0.1, 0.15) is 12.4 Å². The summed E-state index contributed by atoms with van der Waals surface area (Å²) in [6.45, 7) is 4.31. The average molecular weight is 486 g/mol. The second-order valence-electron chi connectivity index (χ2n) is 8.83. The summed E-state index contributed by atoms with van der Waals surface area (Å²) < 4.78 is 45.9. The Kier molecular flexibility index (Phi) is 9.19. The van der Waals surface area contributed by atoms with Crippen molar-refractivity contribution in [2.45, 2.75) is 36.7 Å². The molecule has 1 amide bonds. The van der Waals surface area contributed by atoms with Gasteiger partial charge in [-0.05, 0) is 74.9 Å². The third-order valence-electron chi connectivity index (χ3n) is 6.24. The number of halogens is 1. The van der Waals surface area contributed by atoms with Crippen LogP contribution in [0.2, 0.25) is 0 Å². The number of carbonyl (C=O) groups is 2. The summed E-state index contributed by atoms with van der Waals surface area (Å²) >= 11 is 0. The van der Waals surface area contributed by atoms with Crippen LogP contribution < -0.4 is 4.72 Å². The fourth-order valence-electron chi connectivity index (χ4n) is 4.21. The van der Waals surface area contributed by atoms with Crippen molar-refractivity contribution in [3.05, 3.63) is 30.1 Å². The summed E-state index contributed by atoms with van der Waals surface area (Å²) in [7, 11) is -3.75. The van der Waals surface area contributed by atoms with Crippen molar-refractivity contribution in [3.63, 3.8) is 0 Å². The zero-order chi connectivity index (χ0) is 23.8. The number of carbonyl (C=O) groups excluding carboxylic acids is 1. The number of piperidine rings is 1. The summed E-state index contributed by atoms with van der Waals surface area (Å²) in [5.41, 5.74) is 0. The Labute approximate surface area is 193 Å². The number of benzene rings is 1. The number of ether oxygens (including phenoxy) is 1. The zero-order valence-electron chi connectivity index (χ0n) is 18.6. The molecule has 9 nitrogen and oxygen atoms in total. The van der Waals surface area contributed by atoms with Crippen LogP contribution in [0.15, 0.2) is 29.2 Å². The first kappa shape index (κ1) is 25.5. The van der Waals surface area contributed by atoms with E-state index in [0.717, 1.165) is 44.0 Å². The molecule has 0 spiro atoms. The summed E-state index contributed by atoms with van der Waals surface area (Å²) in [6, 6.07) is 4.68. The number of hydrogen-bond acceptors (Lipinski definition) is 6. The van der Waals surface area contributed by atoms with E-state index in [-0.39, 0.29) is 30.4 Å². The maximum atomic E-state index is 13.0. The predicted octanol–water partition coefficient (Wildman–Crippen LogP) is 1.15. The lowest BCUT2D eigenvalue weighted by molar-refractivity contribution is -0.149. The molecule has 3 aliphatic rings. The van der Waals surface area contributed by atoms with E-state index in [0.29, 0.717) is 19.0 Å². The molecular weight excluding hydrogens is 453 g/mol. The van der Waals surface area contributed by atoms with E-state index in [1.54, 1.807) is 0 Å². The van der Waals surface area contributed by atoms with E-state index >= 15 is 0 Å². The van der Waals surface area contributed by atoms with Crippen molar-refractivity contribution in [1.82, 2.24) is 14.5 Å². The highest BCUT2D eigenvalue weighted by atomic mass is 32.2. The molecule has 4 rings (SSSR count). The highest BCUT2D eigenvalue weighted by Gasteiger charge is 2.31. The highest BCUT2D eigenvalue weighted by Crippen LogP contribution is 2.31. The molecule has 1 aromatic rings. The van der Waals surface area contributed by atoms with Gasteiger partial charge in [0.25, 0.3) is 6.47 Å². The standard InChI is InChI=1S/C21H30FN3O4S.CH2O2/c22-18-3-5-20(6-4-18)30(27,28)23-11-19-14-25(21(26)15-29-19)13-17-7-9-24(10-8-17)12-16-1-2-16;2-1-3/h3-6,16-17,19,23H,1-2,7-15H2;1H,(H,2,3). The van der Waals surface area contributed by atoms with Gasteiger partial charge in [-0.25, -0.2) is 17.5 Å². The van der Waals surface area contributed by atoms with Crippen LogP contribution in [0.5, 0.6) is 0 Å². The molecule has 1 atom stereocenters. The third kappa shape index (κ3) is 8.02. The number of likely N-dealkylation sites (tertiary alicyclic amines) is 1. The highest BCUT2D eigenvalue weighted by molar-refractivity contribution is 7.89. The number of sulfonamides is 1. The number of nitrogens with one attached hydrogen (secondary N) is 1. The fraction of sp³-hybridized carbons (Fsp3) is 0.636. The Morgan fingerprint density at radius 1 is 1.09 bits per heavy atom. The Hall–Kier alpha value is -2.08. The van der Waals surface area contributed by atoms with Crippen molar-refractivity contribution in [1.29, 1.82) is 0 Å². The molecule has 1 unspecified atom stereocenters. The van der Waals surface area contributed by atoms with E-state index in [9.17, 15) is 17.6 Å². The van der Waals surface area contributed by atoms with Crippen LogP contribution in [0, 0.1) is 17.7 Å². The minimum atomic E-state index is -3.75. The monoisotopic (exact) mass is 485 g/mol. The van der Waals surface area contributed by atoms with Gasteiger partial charge < -0.3 is 19.6 Å². The van der Waals surface area contributed by atoms with Gasteiger partial charge in [-0.3, -0.25) is 9.59 Å². The summed E-state index contributed by atoms with van der Waals surface area (Å²) in [5.74, 6) is 0.867. The molecule has 0 aromatic heterocycles. The lowest BCUT2D eigenvalue weighted by Crippen LogP contribution is -2.52. The first-order valence-electron chi connectivity index (χ1n) is 11.3. The number of hydrogen-bond donors (Lipinski definition) is 2. The van der Waals surface area contributed by atoms with Gasteiger partial charge in [0.05, 0.1) is 11.0 Å². The van der Waals surface area contributed by atoms with Crippen LogP contribution in [0.3, 0.4) is 0 Å². The van der Waals surface area contributed by atoms with E-state index < -0.39 is 21.9 Å². The molecule has 2 heterocycles. The number of nitrogens with zero attached hydrogens (tertiary/aromatic N) is 2. The van der Waals surface area contributed by atoms with Crippen LogP contribution in [-0.2, 0) is 24.3 Å². The normalized spacial score (nSPS) is 22.5. The Bertz CT molecular complexity index is 886. The topological polar surface area (TPSA) is 116 Å². The van der Waals surface area contributed by atoms with Crippen molar-refractivity contribution >= 4 is 22.4 Å². The fourth-order valence-corrected chi connectivity index (χ4v) is 5.28. The molecule has 1 aliphatic carbocycles. The number of morpholine rings is 1. The van der Waals surface area contributed by atoms with Gasteiger partial charge >= 0.3 is 0 Å². The Balaban J connectivity index is 0.000000968. The van der Waals surface area contributed by atoms with Gasteiger partial charge in [0.2, 0.25) is 15.9 Å². The molecular formula is C22H32FN3O6S. The lowest BCUT2D eigenvalue weighted by Gasteiger charge is -2.38. The molecule has 11 heteroatoms. The minimum absolute atomic E-state index is 0.00518. The quantitative estimate of drug-likeness (QED) is 0.531. The molecule has 2 aliphatic heterocycles. The van der Waals surface area contributed by atoms with Crippen molar-refractivity contribution in [3.8, 4) is 0 Å². The largest absolute Gasteiger partial charge is 0.483 e. The molecule has 0 radical (unpaired) electrons. The van der Waals surface area contributed by atoms with Crippen molar-refractivity contribution in [2.75, 3.05) is 45.9 Å². The van der Waals surface area contributed by atoms with Crippen LogP contribution in [0.25, 0.3) is 0 Å². The minimum Gasteiger partial charge on any atom is -0.483 e. The van der Waals surface area contributed by atoms with Gasteiger partial charge in [0.15, 0.2) is 0 Å². The molecule has 2 saturated heterocycles. The van der Waals surface area contributed by atoms with E-state index in [2.05, 4.69) is 9.62 Å². The predicted molar refractivity (Wildman–Crippen MR) is 118 cm³/mol. The number of amides is 1. The maximum Gasteiger partial charge on any atom is 0.290 e. The van der Waals surface area contributed by atoms with E-state index in [4.69, 9.17) is 14.6 Å². The smallest absolute Gasteiger partial charge is 0.290 e. The van der Waals surface area contributed by atoms with Crippen molar-refractivity contribution in [2.24, 2.45) is 11.8 Å². The Morgan fingerprint density at radius 3 is 2.30 bits per heavy atom. The third-order valence-corrected chi connectivity index (χ3v) is 7.68. The van der Waals surface area contributed by atoms with Gasteiger partial charge in [0, 0.05) is 26.2 Å². The van der Waals surface area contributed by atoms with E-state index in [1.807, 2.05) is 4.90 Å². The molecule has 1 aromatic carbocycles. The zero-order valence-corrected chi connectivity index (χ0v) is 19.4. The van der Waals surface area contributed by atoms with Crippen LogP contribution in [0.4, 0.5) is 4.39 Å². The van der Waals surface area contributed by atoms with Crippen LogP contribution in [-0.4, -0.2) is 87.7 Å². The summed E-state index contributed by atoms with van der Waals surface area (Å²) in [6.07, 6.45) is 4.54. The van der Waals surface area contributed by atoms with Gasteiger partial charge in [-0.15, -0.1) is 0 Å². The SMILES string of the molecule is O=C1COC(CNS(=O)(=O)c2ccc(F)cc2)CN1CC1CCN(CC2CC2)CC1.O=CO. The Morgan fingerprint density at radius 2 is 1.70 bits per heavy atom.